The highest BCUT2D eigenvalue weighted by molar-refractivity contribution is 7.16. The first-order valence-electron chi connectivity index (χ1n) is 7.57. The molecule has 0 saturated carbocycles. The third-order valence-corrected chi connectivity index (χ3v) is 5.13. The minimum atomic E-state index is -0.0345. The lowest BCUT2D eigenvalue weighted by molar-refractivity contribution is 0.194. The highest BCUT2D eigenvalue weighted by Crippen LogP contribution is 2.30. The number of carbonyl (C=O) groups is 1. The minimum absolute atomic E-state index is 0.0345. The van der Waals surface area contributed by atoms with E-state index < -0.39 is 0 Å². The van der Waals surface area contributed by atoms with Crippen molar-refractivity contribution in [3.8, 4) is 0 Å². The van der Waals surface area contributed by atoms with Crippen LogP contribution in [0, 0.1) is 0 Å². The van der Waals surface area contributed by atoms with Gasteiger partial charge in [-0.25, -0.2) is 4.79 Å². The van der Waals surface area contributed by atoms with Crippen LogP contribution in [0.4, 0.5) is 10.5 Å². The number of hydrogen-bond acceptors (Lipinski definition) is 5. The average Bonchev–Trinajstić information content (AvgIpc) is 3.17. The lowest BCUT2D eigenvalue weighted by Crippen LogP contribution is -2.40. The van der Waals surface area contributed by atoms with E-state index in [1.165, 1.54) is 0 Å². The van der Waals surface area contributed by atoms with E-state index in [-0.39, 0.29) is 6.03 Å². The van der Waals surface area contributed by atoms with Crippen LogP contribution in [-0.4, -0.2) is 43.8 Å². The molecule has 7 nitrogen and oxygen atoms in total. The van der Waals surface area contributed by atoms with Gasteiger partial charge in [0.1, 0.15) is 11.3 Å². The molecule has 3 heterocycles. The third-order valence-electron chi connectivity index (χ3n) is 4.06. The van der Waals surface area contributed by atoms with Crippen molar-refractivity contribution < 1.29 is 4.79 Å². The van der Waals surface area contributed by atoms with Crippen molar-refractivity contribution in [1.82, 2.24) is 24.7 Å². The van der Waals surface area contributed by atoms with Gasteiger partial charge in [0.25, 0.3) is 0 Å². The molecule has 0 spiro atoms. The van der Waals surface area contributed by atoms with Gasteiger partial charge < -0.3 is 10.2 Å². The Labute approximate surface area is 136 Å². The van der Waals surface area contributed by atoms with Crippen LogP contribution in [0.3, 0.4) is 0 Å². The summed E-state index contributed by atoms with van der Waals surface area (Å²) in [6, 6.07) is 9.51. The lowest BCUT2D eigenvalue weighted by Gasteiger charge is -2.30. The van der Waals surface area contributed by atoms with Gasteiger partial charge in [-0.2, -0.15) is 9.61 Å². The number of rotatable bonds is 2. The van der Waals surface area contributed by atoms with E-state index in [0.717, 1.165) is 41.6 Å². The summed E-state index contributed by atoms with van der Waals surface area (Å²) in [5, 5.41) is 16.4. The molecule has 0 aliphatic carbocycles. The molecule has 4 rings (SSSR count). The predicted octanol–water partition coefficient (Wildman–Crippen LogP) is 2.60. The molecule has 0 atom stereocenters. The second-order valence-electron chi connectivity index (χ2n) is 5.56. The Morgan fingerprint density at radius 2 is 2.00 bits per heavy atom. The van der Waals surface area contributed by atoms with Gasteiger partial charge in [-0.1, -0.05) is 29.5 Å². The molecule has 2 aromatic heterocycles. The quantitative estimate of drug-likeness (QED) is 0.784. The molecular weight excluding hydrogens is 312 g/mol. The maximum atomic E-state index is 12.3. The molecular formula is C15H16N6OS. The summed E-state index contributed by atoms with van der Waals surface area (Å²) in [6.45, 7) is 1.48. The number of carbonyl (C=O) groups excluding carboxylic acids is 1. The van der Waals surface area contributed by atoms with Gasteiger partial charge in [-0.05, 0) is 25.0 Å². The number of piperidine rings is 1. The normalized spacial score (nSPS) is 15.9. The van der Waals surface area contributed by atoms with Gasteiger partial charge in [-0.15, -0.1) is 10.2 Å². The molecule has 1 aliphatic heterocycles. The fourth-order valence-corrected chi connectivity index (χ4v) is 3.78. The Hall–Kier alpha value is -2.48. The van der Waals surface area contributed by atoms with Gasteiger partial charge in [0.15, 0.2) is 0 Å². The zero-order chi connectivity index (χ0) is 15.6. The lowest BCUT2D eigenvalue weighted by atomic mass is 9.98. The van der Waals surface area contributed by atoms with Crippen molar-refractivity contribution in [3.05, 3.63) is 41.7 Å². The highest BCUT2D eigenvalue weighted by Gasteiger charge is 2.26. The van der Waals surface area contributed by atoms with E-state index in [0.29, 0.717) is 5.92 Å². The molecule has 0 bridgehead atoms. The second-order valence-corrected chi connectivity index (χ2v) is 6.54. The Kier molecular flexibility index (Phi) is 3.66. The van der Waals surface area contributed by atoms with Crippen LogP contribution in [0.2, 0.25) is 0 Å². The molecule has 1 aromatic carbocycles. The number of aromatic nitrogens is 4. The number of nitrogens with one attached hydrogen (secondary N) is 1. The van der Waals surface area contributed by atoms with Crippen LogP contribution in [0.1, 0.15) is 23.8 Å². The molecule has 23 heavy (non-hydrogen) atoms. The number of likely N-dealkylation sites (tertiary alicyclic amines) is 1. The van der Waals surface area contributed by atoms with Gasteiger partial charge in [0, 0.05) is 24.7 Å². The maximum Gasteiger partial charge on any atom is 0.321 e. The van der Waals surface area contributed by atoms with E-state index in [2.05, 4.69) is 20.6 Å². The molecule has 118 valence electrons. The van der Waals surface area contributed by atoms with E-state index in [4.69, 9.17) is 0 Å². The predicted molar refractivity (Wildman–Crippen MR) is 87.7 cm³/mol. The third kappa shape index (κ3) is 2.89. The number of para-hydroxylation sites is 1. The fourth-order valence-electron chi connectivity index (χ4n) is 2.79. The van der Waals surface area contributed by atoms with E-state index in [9.17, 15) is 4.79 Å². The highest BCUT2D eigenvalue weighted by atomic mass is 32.1. The first-order valence-corrected chi connectivity index (χ1v) is 8.39. The Bertz CT molecular complexity index is 777. The summed E-state index contributed by atoms with van der Waals surface area (Å²) in [7, 11) is 0. The topological polar surface area (TPSA) is 75.4 Å². The number of urea groups is 1. The summed E-state index contributed by atoms with van der Waals surface area (Å²) < 4.78 is 1.72. The Balaban J connectivity index is 1.37. The van der Waals surface area contributed by atoms with Gasteiger partial charge in [-0.3, -0.25) is 0 Å². The molecule has 3 aromatic rings. The van der Waals surface area contributed by atoms with Crippen LogP contribution >= 0.6 is 11.3 Å². The van der Waals surface area contributed by atoms with Gasteiger partial charge >= 0.3 is 6.03 Å². The Morgan fingerprint density at radius 1 is 1.22 bits per heavy atom. The smallest absolute Gasteiger partial charge is 0.321 e. The standard InChI is InChI=1S/C15H16N6OS/c22-14(17-12-4-2-1-3-5-12)20-8-6-11(7-9-20)13-19-21-10-16-18-15(21)23-13/h1-5,10-11H,6-9H2,(H,17,22). The van der Waals surface area contributed by atoms with Crippen LogP contribution in [0.5, 0.6) is 0 Å². The van der Waals surface area contributed by atoms with E-state index in [1.807, 2.05) is 35.2 Å². The van der Waals surface area contributed by atoms with Crippen molar-refractivity contribution in [1.29, 1.82) is 0 Å². The largest absolute Gasteiger partial charge is 0.324 e. The van der Waals surface area contributed by atoms with E-state index in [1.54, 1.807) is 22.2 Å². The first kappa shape index (κ1) is 14.1. The summed E-state index contributed by atoms with van der Waals surface area (Å²) >= 11 is 1.58. The molecule has 1 fully saturated rings. The SMILES string of the molecule is O=C(Nc1ccccc1)N1CCC(c2nn3cnnc3s2)CC1. The second kappa shape index (κ2) is 5.96. The number of benzene rings is 1. The van der Waals surface area contributed by atoms with Gasteiger partial charge in [0.05, 0.1) is 0 Å². The van der Waals surface area contributed by atoms with Crippen LogP contribution < -0.4 is 5.32 Å². The van der Waals surface area contributed by atoms with Crippen molar-refractivity contribution in [2.24, 2.45) is 0 Å². The molecule has 1 saturated heterocycles. The number of anilines is 1. The molecule has 8 heteroatoms. The van der Waals surface area contributed by atoms with Crippen molar-refractivity contribution in [3.63, 3.8) is 0 Å². The number of fused-ring (bicyclic) bond motifs is 1. The number of hydrogen-bond donors (Lipinski definition) is 1. The summed E-state index contributed by atoms with van der Waals surface area (Å²) in [4.78, 5) is 15.0. The maximum absolute atomic E-state index is 12.3. The zero-order valence-electron chi connectivity index (χ0n) is 12.4. The number of nitrogens with zero attached hydrogens (tertiary/aromatic N) is 5. The zero-order valence-corrected chi connectivity index (χ0v) is 13.2. The molecule has 0 unspecified atom stereocenters. The first-order chi connectivity index (χ1) is 11.3. The number of amides is 2. The Morgan fingerprint density at radius 3 is 2.74 bits per heavy atom. The van der Waals surface area contributed by atoms with Crippen LogP contribution in [0.15, 0.2) is 36.7 Å². The van der Waals surface area contributed by atoms with Crippen molar-refractivity contribution in [2.45, 2.75) is 18.8 Å². The average molecular weight is 328 g/mol. The van der Waals surface area contributed by atoms with Gasteiger partial charge in [0.2, 0.25) is 4.96 Å². The summed E-state index contributed by atoms with van der Waals surface area (Å²) in [5.41, 5.74) is 0.827. The molecule has 1 N–H and O–H groups in total. The molecule has 1 aliphatic rings. The van der Waals surface area contributed by atoms with Crippen molar-refractivity contribution in [2.75, 3.05) is 18.4 Å². The van der Waals surface area contributed by atoms with Crippen molar-refractivity contribution >= 4 is 28.0 Å². The minimum Gasteiger partial charge on any atom is -0.324 e. The molecule has 0 radical (unpaired) electrons. The van der Waals surface area contributed by atoms with E-state index >= 15 is 0 Å². The summed E-state index contributed by atoms with van der Waals surface area (Å²) in [6.07, 6.45) is 3.47. The van der Waals surface area contributed by atoms with Crippen LogP contribution in [0.25, 0.3) is 4.96 Å². The monoisotopic (exact) mass is 328 g/mol. The fraction of sp³-hybridized carbons (Fsp3) is 0.333. The summed E-state index contributed by atoms with van der Waals surface area (Å²) in [5.74, 6) is 0.391. The molecule has 2 amide bonds. The van der Waals surface area contributed by atoms with Crippen LogP contribution in [-0.2, 0) is 0 Å².